The minimum absolute atomic E-state index is 0.315. The van der Waals surface area contributed by atoms with E-state index in [0.29, 0.717) is 11.1 Å². The summed E-state index contributed by atoms with van der Waals surface area (Å²) in [5, 5.41) is 1.39. The minimum atomic E-state index is 0.315. The number of hydrogen-bond acceptors (Lipinski definition) is 2. The zero-order chi connectivity index (χ0) is 11.3. The highest BCUT2D eigenvalue weighted by Crippen LogP contribution is 2.43. The first-order valence-corrected chi connectivity index (χ1v) is 6.25. The first-order chi connectivity index (χ1) is 7.66. The van der Waals surface area contributed by atoms with Gasteiger partial charge in [-0.2, -0.15) is 0 Å². The molecule has 2 aliphatic heterocycles. The van der Waals surface area contributed by atoms with Gasteiger partial charge in [-0.25, -0.2) is 4.99 Å². The maximum Gasteiger partial charge on any atom is 0.105 e. The summed E-state index contributed by atoms with van der Waals surface area (Å²) in [7, 11) is 0. The van der Waals surface area contributed by atoms with E-state index >= 15 is 0 Å². The summed E-state index contributed by atoms with van der Waals surface area (Å²) in [4.78, 5) is 6.99. The fourth-order valence-corrected chi connectivity index (χ4v) is 3.23. The summed E-state index contributed by atoms with van der Waals surface area (Å²) in [6, 6.07) is 4.02. The summed E-state index contributed by atoms with van der Waals surface area (Å²) < 4.78 is 0. The van der Waals surface area contributed by atoms with Crippen LogP contribution in [0.3, 0.4) is 0 Å². The second-order valence-electron chi connectivity index (χ2n) is 4.32. The van der Waals surface area contributed by atoms with Crippen LogP contribution in [0.5, 0.6) is 0 Å². The Morgan fingerprint density at radius 1 is 1.38 bits per heavy atom. The Kier molecular flexibility index (Phi) is 2.37. The van der Waals surface area contributed by atoms with Gasteiger partial charge in [0.2, 0.25) is 0 Å². The SMILES string of the molecule is CC1c2c(Cl)cc(Cl)cc2N=C2CCCN21. The molecule has 0 bridgehead atoms. The minimum Gasteiger partial charge on any atom is -0.353 e. The molecule has 2 heterocycles. The third-order valence-corrected chi connectivity index (χ3v) is 3.87. The molecule has 1 saturated heterocycles. The number of nitrogens with zero attached hydrogens (tertiary/aromatic N) is 2. The van der Waals surface area contributed by atoms with Crippen molar-refractivity contribution in [2.24, 2.45) is 4.99 Å². The molecule has 1 unspecified atom stereocenters. The smallest absolute Gasteiger partial charge is 0.105 e. The van der Waals surface area contributed by atoms with Gasteiger partial charge < -0.3 is 4.90 Å². The molecule has 0 amide bonds. The second kappa shape index (κ2) is 3.64. The Labute approximate surface area is 105 Å². The van der Waals surface area contributed by atoms with Crippen molar-refractivity contribution in [1.29, 1.82) is 0 Å². The van der Waals surface area contributed by atoms with E-state index in [-0.39, 0.29) is 0 Å². The topological polar surface area (TPSA) is 15.6 Å². The predicted molar refractivity (Wildman–Crippen MR) is 67.9 cm³/mol. The molecular weight excluding hydrogens is 243 g/mol. The van der Waals surface area contributed by atoms with E-state index in [0.717, 1.165) is 29.2 Å². The molecule has 0 aliphatic carbocycles. The molecule has 84 valence electrons. The predicted octanol–water partition coefficient (Wildman–Crippen LogP) is 4.19. The van der Waals surface area contributed by atoms with E-state index in [1.165, 1.54) is 12.3 Å². The lowest BCUT2D eigenvalue weighted by Gasteiger charge is -2.32. The summed E-state index contributed by atoms with van der Waals surface area (Å²) in [5.74, 6) is 1.18. The average Bonchev–Trinajstić information content (AvgIpc) is 2.64. The van der Waals surface area contributed by atoms with Crippen molar-refractivity contribution in [3.05, 3.63) is 27.7 Å². The molecule has 1 atom stereocenters. The van der Waals surface area contributed by atoms with E-state index in [1.807, 2.05) is 6.07 Å². The number of fused-ring (bicyclic) bond motifs is 2. The van der Waals surface area contributed by atoms with E-state index in [4.69, 9.17) is 23.2 Å². The van der Waals surface area contributed by atoms with E-state index in [2.05, 4.69) is 16.8 Å². The fourth-order valence-electron chi connectivity index (χ4n) is 2.59. The van der Waals surface area contributed by atoms with Crippen LogP contribution < -0.4 is 0 Å². The highest BCUT2D eigenvalue weighted by molar-refractivity contribution is 6.35. The molecule has 1 aromatic carbocycles. The number of halogens is 2. The molecule has 0 saturated carbocycles. The number of aliphatic imine (C=N–C) groups is 1. The Hall–Kier alpha value is -0.730. The lowest BCUT2D eigenvalue weighted by Crippen LogP contribution is -2.30. The third kappa shape index (κ3) is 1.44. The molecule has 3 rings (SSSR count). The van der Waals surface area contributed by atoms with Gasteiger partial charge in [0.1, 0.15) is 5.84 Å². The molecule has 2 aliphatic rings. The number of rotatable bonds is 0. The van der Waals surface area contributed by atoms with Crippen LogP contribution in [0.2, 0.25) is 10.0 Å². The lowest BCUT2D eigenvalue weighted by atomic mass is 10.0. The van der Waals surface area contributed by atoms with Gasteiger partial charge in [0.15, 0.2) is 0 Å². The van der Waals surface area contributed by atoms with Gasteiger partial charge in [-0.05, 0) is 25.5 Å². The summed E-state index contributed by atoms with van der Waals surface area (Å²) in [6.07, 6.45) is 2.25. The van der Waals surface area contributed by atoms with Crippen LogP contribution in [0.4, 0.5) is 5.69 Å². The molecule has 4 heteroatoms. The van der Waals surface area contributed by atoms with Gasteiger partial charge in [-0.1, -0.05) is 23.2 Å². The van der Waals surface area contributed by atoms with Gasteiger partial charge in [-0.15, -0.1) is 0 Å². The zero-order valence-electron chi connectivity index (χ0n) is 9.00. The number of amidine groups is 1. The maximum atomic E-state index is 6.25. The van der Waals surface area contributed by atoms with Crippen molar-refractivity contribution in [2.75, 3.05) is 6.54 Å². The van der Waals surface area contributed by atoms with Gasteiger partial charge in [0.05, 0.1) is 11.7 Å². The van der Waals surface area contributed by atoms with Crippen molar-refractivity contribution in [2.45, 2.75) is 25.8 Å². The van der Waals surface area contributed by atoms with Crippen molar-refractivity contribution in [3.63, 3.8) is 0 Å². The van der Waals surface area contributed by atoms with E-state index < -0.39 is 0 Å². The lowest BCUT2D eigenvalue weighted by molar-refractivity contribution is 0.359. The quantitative estimate of drug-likeness (QED) is 0.678. The molecule has 0 aromatic heterocycles. The Balaban J connectivity index is 2.20. The van der Waals surface area contributed by atoms with Crippen molar-refractivity contribution < 1.29 is 0 Å². The zero-order valence-corrected chi connectivity index (χ0v) is 10.5. The van der Waals surface area contributed by atoms with Crippen LogP contribution in [0, 0.1) is 0 Å². The number of hydrogen-bond donors (Lipinski definition) is 0. The second-order valence-corrected chi connectivity index (χ2v) is 5.17. The summed E-state index contributed by atoms with van der Waals surface area (Å²) >= 11 is 12.3. The summed E-state index contributed by atoms with van der Waals surface area (Å²) in [6.45, 7) is 3.26. The van der Waals surface area contributed by atoms with Gasteiger partial charge in [-0.3, -0.25) is 0 Å². The van der Waals surface area contributed by atoms with Gasteiger partial charge >= 0.3 is 0 Å². The highest BCUT2D eigenvalue weighted by atomic mass is 35.5. The number of benzene rings is 1. The van der Waals surface area contributed by atoms with Crippen molar-refractivity contribution >= 4 is 34.7 Å². The van der Waals surface area contributed by atoms with Crippen LogP contribution in [-0.4, -0.2) is 17.3 Å². The van der Waals surface area contributed by atoms with Gasteiger partial charge in [0, 0.05) is 28.6 Å². The Bertz CT molecular complexity index is 482. The van der Waals surface area contributed by atoms with Crippen LogP contribution in [0.15, 0.2) is 17.1 Å². The Morgan fingerprint density at radius 2 is 2.19 bits per heavy atom. The molecule has 0 N–H and O–H groups in total. The summed E-state index contributed by atoms with van der Waals surface area (Å²) in [5.41, 5.74) is 2.05. The standard InChI is InChI=1S/C12H12Cl2N2/c1-7-12-9(14)5-8(13)6-10(12)15-11-3-2-4-16(7)11/h5-7H,2-4H2,1H3. The maximum absolute atomic E-state index is 6.25. The molecule has 16 heavy (non-hydrogen) atoms. The third-order valence-electron chi connectivity index (χ3n) is 3.34. The molecular formula is C12H12Cl2N2. The highest BCUT2D eigenvalue weighted by Gasteiger charge is 2.31. The normalized spacial score (nSPS) is 22.8. The Morgan fingerprint density at radius 3 is 3.00 bits per heavy atom. The van der Waals surface area contributed by atoms with Crippen molar-refractivity contribution in [3.8, 4) is 0 Å². The van der Waals surface area contributed by atoms with Crippen LogP contribution in [0.1, 0.15) is 31.4 Å². The van der Waals surface area contributed by atoms with Crippen LogP contribution in [0.25, 0.3) is 0 Å². The first kappa shape index (κ1) is 10.4. The van der Waals surface area contributed by atoms with Gasteiger partial charge in [0.25, 0.3) is 0 Å². The van der Waals surface area contributed by atoms with Crippen LogP contribution >= 0.6 is 23.2 Å². The van der Waals surface area contributed by atoms with Crippen molar-refractivity contribution in [1.82, 2.24) is 4.90 Å². The van der Waals surface area contributed by atoms with E-state index in [9.17, 15) is 0 Å². The van der Waals surface area contributed by atoms with Crippen LogP contribution in [-0.2, 0) is 0 Å². The monoisotopic (exact) mass is 254 g/mol. The average molecular weight is 255 g/mol. The van der Waals surface area contributed by atoms with E-state index in [1.54, 1.807) is 6.07 Å². The largest absolute Gasteiger partial charge is 0.353 e. The molecule has 1 aromatic rings. The molecule has 2 nitrogen and oxygen atoms in total. The molecule has 0 spiro atoms. The molecule has 1 fully saturated rings. The fraction of sp³-hybridized carbons (Fsp3) is 0.417. The molecule has 0 radical (unpaired) electrons. The first-order valence-electron chi connectivity index (χ1n) is 5.50.